The van der Waals surface area contributed by atoms with E-state index in [1.165, 1.54) is 11.1 Å². The Bertz CT molecular complexity index is 575. The number of hydrogen-bond acceptors (Lipinski definition) is 2. The molecule has 2 aromatic rings. The minimum Gasteiger partial charge on any atom is -0.497 e. The lowest BCUT2D eigenvalue weighted by atomic mass is 9.93. The summed E-state index contributed by atoms with van der Waals surface area (Å²) in [4.78, 5) is 0. The Morgan fingerprint density at radius 2 is 1.29 bits per heavy atom. The van der Waals surface area contributed by atoms with Crippen molar-refractivity contribution in [2.24, 2.45) is 0 Å². The van der Waals surface area contributed by atoms with E-state index in [9.17, 15) is 0 Å². The molecule has 2 rings (SSSR count). The van der Waals surface area contributed by atoms with E-state index in [4.69, 9.17) is 9.47 Å². The second-order valence-corrected chi connectivity index (χ2v) is 6.84. The molecular weight excluding hydrogens is 464 g/mol. The van der Waals surface area contributed by atoms with Gasteiger partial charge < -0.3 is 9.47 Å². The smallest absolute Gasteiger partial charge is 0.120 e. The number of halogens is 3. The molecule has 2 aromatic carbocycles. The molecule has 0 atom stereocenters. The second kappa shape index (κ2) is 7.65. The Morgan fingerprint density at radius 1 is 0.857 bits per heavy atom. The van der Waals surface area contributed by atoms with Crippen LogP contribution in [0.25, 0.3) is 0 Å². The molecule has 0 saturated carbocycles. The molecule has 112 valence electrons. The molecule has 0 saturated heterocycles. The molecule has 0 fully saturated rings. The van der Waals surface area contributed by atoms with Crippen LogP contribution in [0.5, 0.6) is 11.5 Å². The molecule has 0 aliphatic carbocycles. The highest BCUT2D eigenvalue weighted by Gasteiger charge is 2.19. The molecule has 0 aromatic heterocycles. The van der Waals surface area contributed by atoms with E-state index in [1.54, 1.807) is 14.2 Å². The summed E-state index contributed by atoms with van der Waals surface area (Å²) in [6.07, 6.45) is 0. The maximum atomic E-state index is 5.26. The maximum absolute atomic E-state index is 5.26. The van der Waals surface area contributed by atoms with Crippen molar-refractivity contribution in [1.82, 2.24) is 0 Å². The number of hydrogen-bond donors (Lipinski definition) is 0. The summed E-state index contributed by atoms with van der Waals surface area (Å²) in [6, 6.07) is 12.1. The van der Waals surface area contributed by atoms with Gasteiger partial charge in [-0.3, -0.25) is 0 Å². The molecule has 0 radical (unpaired) electrons. The monoisotopic (exact) mass is 476 g/mol. The zero-order valence-electron chi connectivity index (χ0n) is 11.7. The fourth-order valence-corrected chi connectivity index (χ4v) is 4.13. The van der Waals surface area contributed by atoms with Gasteiger partial charge in [-0.25, -0.2) is 0 Å². The third kappa shape index (κ3) is 3.82. The molecule has 2 nitrogen and oxygen atoms in total. The van der Waals surface area contributed by atoms with Crippen molar-refractivity contribution in [3.8, 4) is 11.5 Å². The summed E-state index contributed by atoms with van der Waals surface area (Å²) < 4.78 is 12.6. The average Bonchev–Trinajstić information content (AvgIpc) is 2.50. The first-order valence-corrected chi connectivity index (χ1v) is 9.04. The molecule has 0 amide bonds. The molecule has 5 heteroatoms. The molecular formula is C16H15Br3O2. The third-order valence-electron chi connectivity index (χ3n) is 3.32. The fraction of sp³-hybridized carbons (Fsp3) is 0.250. The third-order valence-corrected chi connectivity index (χ3v) is 5.34. The normalized spacial score (nSPS) is 10.8. The Labute approximate surface area is 150 Å². The van der Waals surface area contributed by atoms with Crippen molar-refractivity contribution in [2.75, 3.05) is 19.5 Å². The highest BCUT2D eigenvalue weighted by molar-refractivity contribution is 9.11. The van der Waals surface area contributed by atoms with Crippen LogP contribution < -0.4 is 9.47 Å². The van der Waals surface area contributed by atoms with Crippen LogP contribution in [0.2, 0.25) is 0 Å². The van der Waals surface area contributed by atoms with E-state index in [2.05, 4.69) is 59.9 Å². The zero-order valence-corrected chi connectivity index (χ0v) is 16.5. The van der Waals surface area contributed by atoms with Crippen molar-refractivity contribution in [1.29, 1.82) is 0 Å². The van der Waals surface area contributed by atoms with Crippen LogP contribution in [0.15, 0.2) is 45.3 Å². The minimum absolute atomic E-state index is 0.227. The number of methoxy groups -OCH3 is 2. The zero-order chi connectivity index (χ0) is 15.4. The van der Waals surface area contributed by atoms with Gasteiger partial charge in [-0.15, -0.1) is 0 Å². The van der Waals surface area contributed by atoms with Gasteiger partial charge in [0.05, 0.1) is 14.2 Å². The van der Waals surface area contributed by atoms with Gasteiger partial charge in [0, 0.05) is 20.2 Å². The van der Waals surface area contributed by atoms with Gasteiger partial charge in [-0.1, -0.05) is 59.9 Å². The number of rotatable bonds is 5. The predicted octanol–water partition coefficient (Wildman–Crippen LogP) is 5.76. The van der Waals surface area contributed by atoms with Crippen LogP contribution >= 0.6 is 47.8 Å². The standard InChI is InChI=1S/C16H15Br3O2/c1-20-10-3-5-12(15(18)7-10)14(9-17)13-6-4-11(21-2)8-16(13)19/h3-8,14H,9H2,1-2H3. The van der Waals surface area contributed by atoms with Gasteiger partial charge in [0.2, 0.25) is 0 Å². The van der Waals surface area contributed by atoms with Gasteiger partial charge in [0.15, 0.2) is 0 Å². The maximum Gasteiger partial charge on any atom is 0.120 e. The topological polar surface area (TPSA) is 18.5 Å². The highest BCUT2D eigenvalue weighted by atomic mass is 79.9. The van der Waals surface area contributed by atoms with Crippen LogP contribution in [0.3, 0.4) is 0 Å². The van der Waals surface area contributed by atoms with E-state index in [-0.39, 0.29) is 5.92 Å². The molecule has 0 bridgehead atoms. The summed E-state index contributed by atoms with van der Waals surface area (Å²) in [5.74, 6) is 1.91. The molecule has 0 spiro atoms. The van der Waals surface area contributed by atoms with Gasteiger partial charge in [-0.05, 0) is 35.4 Å². The number of alkyl halides is 1. The first kappa shape index (κ1) is 16.8. The molecule has 21 heavy (non-hydrogen) atoms. The summed E-state index contributed by atoms with van der Waals surface area (Å²) in [6.45, 7) is 0. The molecule has 0 aliphatic rings. The van der Waals surface area contributed by atoms with Gasteiger partial charge in [-0.2, -0.15) is 0 Å². The van der Waals surface area contributed by atoms with Gasteiger partial charge in [0.25, 0.3) is 0 Å². The Kier molecular flexibility index (Phi) is 6.14. The van der Waals surface area contributed by atoms with Crippen molar-refractivity contribution in [3.63, 3.8) is 0 Å². The average molecular weight is 479 g/mol. The summed E-state index contributed by atoms with van der Waals surface area (Å²) in [7, 11) is 3.34. The van der Waals surface area contributed by atoms with Crippen molar-refractivity contribution < 1.29 is 9.47 Å². The molecule has 0 heterocycles. The lowest BCUT2D eigenvalue weighted by Crippen LogP contribution is -2.05. The lowest BCUT2D eigenvalue weighted by molar-refractivity contribution is 0.414. The Morgan fingerprint density at radius 3 is 1.57 bits per heavy atom. The lowest BCUT2D eigenvalue weighted by Gasteiger charge is -2.19. The molecule has 0 aliphatic heterocycles. The first-order chi connectivity index (χ1) is 10.1. The van der Waals surface area contributed by atoms with Crippen LogP contribution in [-0.2, 0) is 0 Å². The second-order valence-electron chi connectivity index (χ2n) is 4.48. The van der Waals surface area contributed by atoms with Crippen LogP contribution in [0.1, 0.15) is 17.0 Å². The van der Waals surface area contributed by atoms with E-state index >= 15 is 0 Å². The van der Waals surface area contributed by atoms with E-state index < -0.39 is 0 Å². The van der Waals surface area contributed by atoms with Crippen LogP contribution in [0, 0.1) is 0 Å². The van der Waals surface area contributed by atoms with Gasteiger partial charge >= 0.3 is 0 Å². The molecule has 0 unspecified atom stereocenters. The van der Waals surface area contributed by atoms with E-state index in [0.29, 0.717) is 0 Å². The summed E-state index contributed by atoms with van der Waals surface area (Å²) in [5.41, 5.74) is 2.41. The highest BCUT2D eigenvalue weighted by Crippen LogP contribution is 2.38. The summed E-state index contributed by atoms with van der Waals surface area (Å²) in [5, 5.41) is 0.822. The molecule has 0 N–H and O–H groups in total. The van der Waals surface area contributed by atoms with Gasteiger partial charge in [0.1, 0.15) is 11.5 Å². The van der Waals surface area contributed by atoms with Crippen LogP contribution in [-0.4, -0.2) is 19.5 Å². The Hall–Kier alpha value is -0.520. The fourth-order valence-electron chi connectivity index (χ4n) is 2.17. The predicted molar refractivity (Wildman–Crippen MR) is 97.0 cm³/mol. The van der Waals surface area contributed by atoms with E-state index in [0.717, 1.165) is 25.8 Å². The number of ether oxygens (including phenoxy) is 2. The van der Waals surface area contributed by atoms with Crippen molar-refractivity contribution >= 4 is 47.8 Å². The minimum atomic E-state index is 0.227. The Balaban J connectivity index is 2.44. The number of benzene rings is 2. The first-order valence-electron chi connectivity index (χ1n) is 6.33. The SMILES string of the molecule is COc1ccc(C(CBr)c2ccc(OC)cc2Br)c(Br)c1. The largest absolute Gasteiger partial charge is 0.497 e. The quantitative estimate of drug-likeness (QED) is 0.509. The van der Waals surface area contributed by atoms with Crippen molar-refractivity contribution in [3.05, 3.63) is 56.5 Å². The van der Waals surface area contributed by atoms with Crippen molar-refractivity contribution in [2.45, 2.75) is 5.92 Å². The van der Waals surface area contributed by atoms with Crippen LogP contribution in [0.4, 0.5) is 0 Å². The summed E-state index contributed by atoms with van der Waals surface area (Å²) >= 11 is 10.9. The van der Waals surface area contributed by atoms with E-state index in [1.807, 2.05) is 24.3 Å².